The molecule has 0 spiro atoms. The van der Waals surface area contributed by atoms with Crippen LogP contribution in [0.4, 0.5) is 0 Å². The zero-order chi connectivity index (χ0) is 10.6. The van der Waals surface area contributed by atoms with E-state index in [4.69, 9.17) is 15.4 Å². The van der Waals surface area contributed by atoms with Gasteiger partial charge in [-0.1, -0.05) is 0 Å². The van der Waals surface area contributed by atoms with Crippen LogP contribution >= 0.6 is 0 Å². The van der Waals surface area contributed by atoms with Crippen LogP contribution in [0.1, 0.15) is 19.3 Å². The van der Waals surface area contributed by atoms with E-state index in [0.29, 0.717) is 19.3 Å². The highest BCUT2D eigenvalue weighted by atomic mass is 16.5. The molecular formula is C8H14N3O3+. The third-order valence-electron chi connectivity index (χ3n) is 2.61. The average molecular weight is 200 g/mol. The van der Waals surface area contributed by atoms with Gasteiger partial charge in [0.05, 0.1) is 12.0 Å². The Labute approximate surface area is 81.5 Å². The molecule has 6 nitrogen and oxygen atoms in total. The number of nitrogens with zero attached hydrogens (tertiary/aromatic N) is 2. The molecular weight excluding hydrogens is 186 g/mol. The van der Waals surface area contributed by atoms with E-state index >= 15 is 0 Å². The van der Waals surface area contributed by atoms with Gasteiger partial charge in [-0.25, -0.2) is 0 Å². The van der Waals surface area contributed by atoms with E-state index in [1.54, 1.807) is 0 Å². The number of aliphatic carboxylic acids is 1. The van der Waals surface area contributed by atoms with E-state index in [2.05, 4.69) is 10.0 Å². The van der Waals surface area contributed by atoms with E-state index < -0.39 is 11.9 Å². The van der Waals surface area contributed by atoms with Crippen molar-refractivity contribution in [3.05, 3.63) is 0 Å². The first kappa shape index (κ1) is 10.8. The van der Waals surface area contributed by atoms with Crippen molar-refractivity contribution in [2.75, 3.05) is 7.11 Å². The topological polar surface area (TPSA) is 96.8 Å². The van der Waals surface area contributed by atoms with Crippen LogP contribution in [0.2, 0.25) is 0 Å². The molecule has 0 aromatic heterocycles. The number of hydrogen-bond donors (Lipinski definition) is 2. The summed E-state index contributed by atoms with van der Waals surface area (Å²) >= 11 is 0. The molecule has 0 aromatic rings. The average Bonchev–Trinajstić information content (AvgIpc) is 2.17. The maximum atomic E-state index is 10.8. The molecule has 0 heterocycles. The van der Waals surface area contributed by atoms with Crippen LogP contribution in [0.15, 0.2) is 5.11 Å². The van der Waals surface area contributed by atoms with Crippen LogP contribution in [-0.2, 0) is 9.53 Å². The first-order valence-electron chi connectivity index (χ1n) is 4.51. The predicted octanol–water partition coefficient (Wildman–Crippen LogP) is 0.805. The summed E-state index contributed by atoms with van der Waals surface area (Å²) < 4.78 is 5.10. The van der Waals surface area contributed by atoms with Gasteiger partial charge in [0.25, 0.3) is 0 Å². The highest BCUT2D eigenvalue weighted by molar-refractivity contribution is 5.70. The Morgan fingerprint density at radius 3 is 2.86 bits per heavy atom. The largest absolute Gasteiger partial charge is 0.481 e. The van der Waals surface area contributed by atoms with Crippen molar-refractivity contribution >= 4 is 5.97 Å². The van der Waals surface area contributed by atoms with Gasteiger partial charge in [-0.15, -0.1) is 0 Å². The minimum atomic E-state index is -0.821. The van der Waals surface area contributed by atoms with E-state index in [-0.39, 0.29) is 12.1 Å². The number of methoxy groups -OCH3 is 1. The van der Waals surface area contributed by atoms with Crippen molar-refractivity contribution in [2.45, 2.75) is 31.4 Å². The molecule has 1 aliphatic carbocycles. The number of hydrogen-bond acceptors (Lipinski definition) is 4. The molecule has 0 aliphatic heterocycles. The summed E-state index contributed by atoms with van der Waals surface area (Å²) in [5, 5.41) is 12.6. The maximum absolute atomic E-state index is 10.8. The highest BCUT2D eigenvalue weighted by Gasteiger charge is 2.36. The smallest absolute Gasteiger partial charge is 0.309 e. The van der Waals surface area contributed by atoms with E-state index in [1.165, 1.54) is 7.11 Å². The Bertz CT molecular complexity index is 263. The van der Waals surface area contributed by atoms with Crippen molar-refractivity contribution in [1.29, 1.82) is 5.53 Å². The molecule has 2 N–H and O–H groups in total. The molecule has 0 saturated heterocycles. The minimum Gasteiger partial charge on any atom is -0.481 e. The number of carboxylic acid groups (broad SMARTS) is 1. The number of ether oxygens (including phenoxy) is 1. The lowest BCUT2D eigenvalue weighted by Gasteiger charge is -2.28. The molecule has 0 amide bonds. The second-order valence-corrected chi connectivity index (χ2v) is 3.40. The first-order chi connectivity index (χ1) is 6.69. The molecule has 1 fully saturated rings. The van der Waals surface area contributed by atoms with E-state index in [0.717, 1.165) is 0 Å². The summed E-state index contributed by atoms with van der Waals surface area (Å²) in [6.45, 7) is 0. The molecule has 6 heteroatoms. The Morgan fingerprint density at radius 2 is 2.36 bits per heavy atom. The zero-order valence-electron chi connectivity index (χ0n) is 8.01. The molecule has 14 heavy (non-hydrogen) atoms. The fourth-order valence-corrected chi connectivity index (χ4v) is 1.84. The van der Waals surface area contributed by atoms with Crippen LogP contribution < -0.4 is 4.91 Å². The molecule has 78 valence electrons. The van der Waals surface area contributed by atoms with Crippen molar-refractivity contribution < 1.29 is 14.6 Å². The van der Waals surface area contributed by atoms with Gasteiger partial charge in [0.2, 0.25) is 4.91 Å². The fraction of sp³-hybridized carbons (Fsp3) is 0.875. The first-order valence-corrected chi connectivity index (χ1v) is 4.51. The number of rotatable bonds is 3. The Morgan fingerprint density at radius 1 is 1.64 bits per heavy atom. The van der Waals surface area contributed by atoms with Crippen LogP contribution in [-0.4, -0.2) is 30.3 Å². The van der Waals surface area contributed by atoms with Gasteiger partial charge < -0.3 is 9.84 Å². The molecule has 1 rings (SSSR count). The third kappa shape index (κ3) is 2.37. The van der Waals surface area contributed by atoms with Gasteiger partial charge in [-0.3, -0.25) is 4.79 Å². The van der Waals surface area contributed by atoms with Crippen molar-refractivity contribution in [1.82, 2.24) is 4.91 Å². The SMILES string of the molecule is CO[C@H]1C[C@@H](N=[N+]=N)CC[C@@H]1C(=O)O. The molecule has 0 unspecified atom stereocenters. The Hall–Kier alpha value is -1.26. The third-order valence-corrected chi connectivity index (χ3v) is 2.61. The lowest BCUT2D eigenvalue weighted by molar-refractivity contribution is -0.148. The second-order valence-electron chi connectivity index (χ2n) is 3.40. The van der Waals surface area contributed by atoms with Gasteiger partial charge in [-0.05, 0) is 12.8 Å². The summed E-state index contributed by atoms with van der Waals surface area (Å²) in [4.78, 5) is 13.8. The summed E-state index contributed by atoms with van der Waals surface area (Å²) in [5.74, 6) is -1.27. The molecule has 3 atom stereocenters. The number of carboxylic acids is 1. The van der Waals surface area contributed by atoms with Crippen molar-refractivity contribution in [3.63, 3.8) is 0 Å². The molecule has 1 aliphatic rings. The van der Waals surface area contributed by atoms with E-state index in [9.17, 15) is 4.79 Å². The normalized spacial score (nSPS) is 31.9. The summed E-state index contributed by atoms with van der Waals surface area (Å²) in [5.41, 5.74) is 6.60. The van der Waals surface area contributed by atoms with Gasteiger partial charge >= 0.3 is 5.97 Å². The van der Waals surface area contributed by atoms with Gasteiger partial charge in [0, 0.05) is 13.5 Å². The van der Waals surface area contributed by atoms with Crippen LogP contribution in [0.5, 0.6) is 0 Å². The minimum absolute atomic E-state index is 0.0620. The molecule has 0 aromatic carbocycles. The summed E-state index contributed by atoms with van der Waals surface area (Å²) in [7, 11) is 1.50. The molecule has 0 radical (unpaired) electrons. The quantitative estimate of drug-likeness (QED) is 0.521. The summed E-state index contributed by atoms with van der Waals surface area (Å²) in [6, 6.07) is -0.0620. The molecule has 0 bridgehead atoms. The van der Waals surface area contributed by atoms with Crippen molar-refractivity contribution in [3.8, 4) is 0 Å². The lowest BCUT2D eigenvalue weighted by Crippen LogP contribution is -2.37. The standard InChI is InChI=1S/C8H13N3O3/c1-14-7-4-5(10-11-9)2-3-6(7)8(12)13/h5-7,9H,2-4H2,1H3/p+1/t5-,6-,7-/m0/s1. The zero-order valence-corrected chi connectivity index (χ0v) is 8.01. The number of nitrogens with one attached hydrogen (secondary N) is 1. The molecule has 1 saturated carbocycles. The van der Waals surface area contributed by atoms with Crippen LogP contribution in [0, 0.1) is 11.4 Å². The Balaban J connectivity index is 2.63. The lowest BCUT2D eigenvalue weighted by atomic mass is 9.84. The van der Waals surface area contributed by atoms with Crippen molar-refractivity contribution in [2.24, 2.45) is 11.0 Å². The van der Waals surface area contributed by atoms with E-state index in [1.807, 2.05) is 0 Å². The number of carbonyl (C=O) groups is 1. The van der Waals surface area contributed by atoms with Gasteiger partial charge in [0.1, 0.15) is 16.7 Å². The van der Waals surface area contributed by atoms with Crippen LogP contribution in [0.3, 0.4) is 0 Å². The van der Waals surface area contributed by atoms with Crippen LogP contribution in [0.25, 0.3) is 0 Å². The van der Waals surface area contributed by atoms with Gasteiger partial charge in [-0.2, -0.15) is 0 Å². The summed E-state index contributed by atoms with van der Waals surface area (Å²) in [6.07, 6.45) is 1.43. The highest BCUT2D eigenvalue weighted by Crippen LogP contribution is 2.28. The fourth-order valence-electron chi connectivity index (χ4n) is 1.84. The Kier molecular flexibility index (Phi) is 3.73. The monoisotopic (exact) mass is 200 g/mol. The van der Waals surface area contributed by atoms with Gasteiger partial charge in [0.15, 0.2) is 0 Å². The maximum Gasteiger partial charge on any atom is 0.309 e. The predicted molar refractivity (Wildman–Crippen MR) is 46.8 cm³/mol. The second kappa shape index (κ2) is 4.83.